The van der Waals surface area contributed by atoms with Crippen molar-refractivity contribution in [2.75, 3.05) is 7.11 Å². The van der Waals surface area contributed by atoms with E-state index in [2.05, 4.69) is 20.7 Å². The van der Waals surface area contributed by atoms with E-state index in [0.717, 1.165) is 11.3 Å². The van der Waals surface area contributed by atoms with Gasteiger partial charge in [-0.05, 0) is 33.8 Å². The van der Waals surface area contributed by atoms with Crippen LogP contribution in [-0.4, -0.2) is 28.4 Å². The molecule has 2 heterocycles. The van der Waals surface area contributed by atoms with Gasteiger partial charge in [-0.2, -0.15) is 0 Å². The molecule has 1 amide bonds. The lowest BCUT2D eigenvalue weighted by molar-refractivity contribution is 0.0905. The molecule has 2 aromatic rings. The largest absolute Gasteiger partial charge is 0.480 e. The van der Waals surface area contributed by atoms with Gasteiger partial charge in [-0.15, -0.1) is 10.2 Å². The Balaban J connectivity index is 2.21. The number of ether oxygens (including phenoxy) is 1. The molecule has 0 saturated carbocycles. The van der Waals surface area contributed by atoms with Gasteiger partial charge in [0.15, 0.2) is 5.69 Å². The highest BCUT2D eigenvalue weighted by molar-refractivity contribution is 5.92. The molecule has 0 unspecified atom stereocenters. The van der Waals surface area contributed by atoms with E-state index in [9.17, 15) is 4.79 Å². The summed E-state index contributed by atoms with van der Waals surface area (Å²) in [6, 6.07) is 3.15. The molecule has 1 N–H and O–H groups in total. The molecule has 0 fully saturated rings. The number of carbonyl (C=O) groups is 1. The van der Waals surface area contributed by atoms with Crippen molar-refractivity contribution in [3.63, 3.8) is 0 Å². The first-order valence-corrected chi connectivity index (χ1v) is 6.48. The van der Waals surface area contributed by atoms with Crippen molar-refractivity contribution in [2.45, 2.75) is 33.2 Å². The van der Waals surface area contributed by atoms with Gasteiger partial charge in [0.1, 0.15) is 5.76 Å². The van der Waals surface area contributed by atoms with Crippen molar-refractivity contribution in [2.24, 2.45) is 0 Å². The van der Waals surface area contributed by atoms with Crippen LogP contribution in [-0.2, 0) is 5.54 Å². The fraction of sp³-hybridized carbons (Fsp3) is 0.429. The normalized spacial score (nSPS) is 11.3. The first kappa shape index (κ1) is 15.0. The molecule has 112 valence electrons. The van der Waals surface area contributed by atoms with E-state index in [1.807, 2.05) is 27.7 Å². The number of aryl methyl sites for hydroxylation is 2. The standard InChI is InChI=1S/C14H18N4O3/c1-8-12(9(2)21-18-8)14(3,4)15-13(19)10-6-7-11(20-5)17-16-10/h6-7H,1-5H3,(H,15,19). The van der Waals surface area contributed by atoms with E-state index in [1.54, 1.807) is 12.1 Å². The SMILES string of the molecule is COc1ccc(C(=O)NC(C)(C)c2c(C)noc2C)nn1. The summed E-state index contributed by atoms with van der Waals surface area (Å²) in [7, 11) is 1.49. The maximum absolute atomic E-state index is 12.3. The summed E-state index contributed by atoms with van der Waals surface area (Å²) in [4.78, 5) is 12.3. The van der Waals surface area contributed by atoms with E-state index < -0.39 is 5.54 Å². The van der Waals surface area contributed by atoms with Gasteiger partial charge in [0.25, 0.3) is 5.91 Å². The zero-order valence-corrected chi connectivity index (χ0v) is 12.7. The van der Waals surface area contributed by atoms with Gasteiger partial charge in [0.2, 0.25) is 5.88 Å². The van der Waals surface area contributed by atoms with Crippen LogP contribution < -0.4 is 10.1 Å². The number of hydrogen-bond acceptors (Lipinski definition) is 6. The number of nitrogens with one attached hydrogen (secondary N) is 1. The minimum Gasteiger partial charge on any atom is -0.480 e. The number of methoxy groups -OCH3 is 1. The number of rotatable bonds is 4. The summed E-state index contributed by atoms with van der Waals surface area (Å²) in [5.74, 6) is 0.713. The molecule has 0 saturated heterocycles. The van der Waals surface area contributed by atoms with E-state index in [4.69, 9.17) is 9.26 Å². The van der Waals surface area contributed by atoms with Crippen LogP contribution in [0.2, 0.25) is 0 Å². The van der Waals surface area contributed by atoms with Gasteiger partial charge < -0.3 is 14.6 Å². The maximum Gasteiger partial charge on any atom is 0.272 e. The van der Waals surface area contributed by atoms with Crippen molar-refractivity contribution in [3.8, 4) is 5.88 Å². The Kier molecular flexibility index (Phi) is 3.93. The highest BCUT2D eigenvalue weighted by Crippen LogP contribution is 2.27. The summed E-state index contributed by atoms with van der Waals surface area (Å²) in [6.45, 7) is 7.42. The van der Waals surface area contributed by atoms with Gasteiger partial charge in [0, 0.05) is 11.6 Å². The predicted molar refractivity (Wildman–Crippen MR) is 75.1 cm³/mol. The number of hydrogen-bond donors (Lipinski definition) is 1. The number of amides is 1. The fourth-order valence-electron chi connectivity index (χ4n) is 2.34. The average Bonchev–Trinajstić information content (AvgIpc) is 2.78. The monoisotopic (exact) mass is 290 g/mol. The van der Waals surface area contributed by atoms with Crippen molar-refractivity contribution in [3.05, 3.63) is 34.8 Å². The van der Waals surface area contributed by atoms with E-state index in [1.165, 1.54) is 7.11 Å². The minimum absolute atomic E-state index is 0.218. The first-order valence-electron chi connectivity index (χ1n) is 6.48. The molecule has 2 aromatic heterocycles. The lowest BCUT2D eigenvalue weighted by Crippen LogP contribution is -2.42. The Hall–Kier alpha value is -2.44. The Morgan fingerprint density at radius 1 is 1.29 bits per heavy atom. The van der Waals surface area contributed by atoms with Crippen LogP contribution in [0.4, 0.5) is 0 Å². The first-order chi connectivity index (χ1) is 9.85. The second-order valence-electron chi connectivity index (χ2n) is 5.24. The van der Waals surface area contributed by atoms with Crippen LogP contribution in [0.5, 0.6) is 5.88 Å². The summed E-state index contributed by atoms with van der Waals surface area (Å²) >= 11 is 0. The zero-order valence-electron chi connectivity index (χ0n) is 12.7. The summed E-state index contributed by atoms with van der Waals surface area (Å²) < 4.78 is 10.1. The Morgan fingerprint density at radius 3 is 2.48 bits per heavy atom. The molecule has 0 bridgehead atoms. The molecule has 21 heavy (non-hydrogen) atoms. The number of aromatic nitrogens is 3. The molecule has 0 spiro atoms. The van der Waals surface area contributed by atoms with Crippen molar-refractivity contribution >= 4 is 5.91 Å². The van der Waals surface area contributed by atoms with Gasteiger partial charge in [-0.3, -0.25) is 4.79 Å². The quantitative estimate of drug-likeness (QED) is 0.922. The molecular formula is C14H18N4O3. The summed E-state index contributed by atoms with van der Waals surface area (Å²) in [5.41, 5.74) is 1.19. The molecule has 0 atom stereocenters. The average molecular weight is 290 g/mol. The third-order valence-corrected chi connectivity index (χ3v) is 3.17. The van der Waals surface area contributed by atoms with Crippen molar-refractivity contribution < 1.29 is 14.1 Å². The predicted octanol–water partition coefficient (Wildman–Crippen LogP) is 1.76. The van der Waals surface area contributed by atoms with Crippen LogP contribution in [0.25, 0.3) is 0 Å². The molecule has 2 rings (SSSR count). The molecular weight excluding hydrogens is 272 g/mol. The second kappa shape index (κ2) is 5.51. The molecule has 7 heteroatoms. The molecule has 0 aliphatic rings. The second-order valence-corrected chi connectivity index (χ2v) is 5.24. The third-order valence-electron chi connectivity index (χ3n) is 3.17. The van der Waals surface area contributed by atoms with Crippen LogP contribution in [0.15, 0.2) is 16.7 Å². The van der Waals surface area contributed by atoms with Gasteiger partial charge in [-0.25, -0.2) is 0 Å². The smallest absolute Gasteiger partial charge is 0.272 e. The summed E-state index contributed by atoms with van der Waals surface area (Å²) in [5, 5.41) is 14.4. The topological polar surface area (TPSA) is 90.1 Å². The van der Waals surface area contributed by atoms with Crippen LogP contribution >= 0.6 is 0 Å². The molecule has 7 nitrogen and oxygen atoms in total. The highest BCUT2D eigenvalue weighted by Gasteiger charge is 2.30. The molecule has 0 aromatic carbocycles. The Bertz CT molecular complexity index is 627. The van der Waals surface area contributed by atoms with E-state index in [-0.39, 0.29) is 11.6 Å². The molecule has 0 aliphatic heterocycles. The lowest BCUT2D eigenvalue weighted by atomic mass is 9.92. The maximum atomic E-state index is 12.3. The van der Waals surface area contributed by atoms with E-state index >= 15 is 0 Å². The minimum atomic E-state index is -0.632. The Morgan fingerprint density at radius 2 is 2.00 bits per heavy atom. The van der Waals surface area contributed by atoms with Crippen LogP contribution in [0.3, 0.4) is 0 Å². The fourth-order valence-corrected chi connectivity index (χ4v) is 2.34. The number of carbonyl (C=O) groups excluding carboxylic acids is 1. The summed E-state index contributed by atoms with van der Waals surface area (Å²) in [6.07, 6.45) is 0. The van der Waals surface area contributed by atoms with Gasteiger partial charge >= 0.3 is 0 Å². The van der Waals surface area contributed by atoms with Crippen molar-refractivity contribution in [1.29, 1.82) is 0 Å². The molecule has 0 radical (unpaired) electrons. The van der Waals surface area contributed by atoms with Gasteiger partial charge in [0.05, 0.1) is 18.3 Å². The van der Waals surface area contributed by atoms with Crippen LogP contribution in [0.1, 0.15) is 41.4 Å². The Labute approximate surface area is 122 Å². The lowest BCUT2D eigenvalue weighted by Gasteiger charge is -2.26. The highest BCUT2D eigenvalue weighted by atomic mass is 16.5. The van der Waals surface area contributed by atoms with Crippen LogP contribution in [0, 0.1) is 13.8 Å². The zero-order chi connectivity index (χ0) is 15.6. The van der Waals surface area contributed by atoms with E-state index in [0.29, 0.717) is 11.6 Å². The third kappa shape index (κ3) is 3.01. The van der Waals surface area contributed by atoms with Gasteiger partial charge in [-0.1, -0.05) is 5.16 Å². The molecule has 0 aliphatic carbocycles. The van der Waals surface area contributed by atoms with Crippen molar-refractivity contribution in [1.82, 2.24) is 20.7 Å². The number of nitrogens with zero attached hydrogens (tertiary/aromatic N) is 3.